The summed E-state index contributed by atoms with van der Waals surface area (Å²) in [6, 6.07) is 3.90. The third-order valence-corrected chi connectivity index (χ3v) is 3.15. The molecule has 0 radical (unpaired) electrons. The van der Waals surface area contributed by atoms with E-state index < -0.39 is 0 Å². The number of nitrogens with zero attached hydrogens (tertiary/aromatic N) is 2. The van der Waals surface area contributed by atoms with Gasteiger partial charge in [0.15, 0.2) is 0 Å². The van der Waals surface area contributed by atoms with Crippen LogP contribution in [0.2, 0.25) is 5.15 Å². The zero-order chi connectivity index (χ0) is 11.5. The van der Waals surface area contributed by atoms with Gasteiger partial charge in [0.1, 0.15) is 11.0 Å². The van der Waals surface area contributed by atoms with Crippen molar-refractivity contribution >= 4 is 23.1 Å². The largest absolute Gasteiger partial charge is 0.399 e. The van der Waals surface area contributed by atoms with E-state index in [1.165, 1.54) is 6.42 Å². The topological polar surface area (TPSA) is 62.4 Å². The lowest BCUT2D eigenvalue weighted by atomic mass is 9.91. The number of aliphatic hydroxyl groups is 1. The Morgan fingerprint density at radius 3 is 2.75 bits per heavy atom. The second-order valence-corrected chi connectivity index (χ2v) is 4.47. The fourth-order valence-electron chi connectivity index (χ4n) is 1.94. The molecule has 0 atom stereocenters. The lowest BCUT2D eigenvalue weighted by Crippen LogP contribution is -2.42. The van der Waals surface area contributed by atoms with Crippen molar-refractivity contribution in [3.8, 4) is 0 Å². The molecule has 5 heteroatoms. The number of pyridine rings is 1. The standard InChI is InChI=1S/C11H16ClN3O/c12-10-6-8(13)7-11(14-10)15(4-5-16)9-2-1-3-9/h6-7,9,16H,1-5H2,(H2,13,14). The van der Waals surface area contributed by atoms with Crippen LogP contribution in [0.3, 0.4) is 0 Å². The Hall–Kier alpha value is -1.00. The van der Waals surface area contributed by atoms with Gasteiger partial charge in [-0.15, -0.1) is 0 Å². The van der Waals surface area contributed by atoms with Gasteiger partial charge >= 0.3 is 0 Å². The van der Waals surface area contributed by atoms with Crippen LogP contribution >= 0.6 is 11.6 Å². The van der Waals surface area contributed by atoms with E-state index in [2.05, 4.69) is 9.88 Å². The van der Waals surface area contributed by atoms with Crippen molar-refractivity contribution in [2.45, 2.75) is 25.3 Å². The molecule has 1 aromatic rings. The molecule has 3 N–H and O–H groups in total. The fraction of sp³-hybridized carbons (Fsp3) is 0.545. The summed E-state index contributed by atoms with van der Waals surface area (Å²) in [5.41, 5.74) is 6.35. The zero-order valence-corrected chi connectivity index (χ0v) is 9.82. The van der Waals surface area contributed by atoms with Crippen LogP contribution < -0.4 is 10.6 Å². The van der Waals surface area contributed by atoms with Crippen molar-refractivity contribution < 1.29 is 5.11 Å². The van der Waals surface area contributed by atoms with E-state index in [4.69, 9.17) is 22.4 Å². The van der Waals surface area contributed by atoms with E-state index in [-0.39, 0.29) is 6.61 Å². The number of anilines is 2. The minimum atomic E-state index is 0.116. The van der Waals surface area contributed by atoms with Gasteiger partial charge in [-0.3, -0.25) is 0 Å². The van der Waals surface area contributed by atoms with Gasteiger partial charge in [0.05, 0.1) is 6.61 Å². The number of halogens is 1. The Labute approximate surface area is 100 Å². The van der Waals surface area contributed by atoms with E-state index in [1.54, 1.807) is 12.1 Å². The summed E-state index contributed by atoms with van der Waals surface area (Å²) in [7, 11) is 0. The molecule has 0 saturated heterocycles. The molecule has 0 amide bonds. The smallest absolute Gasteiger partial charge is 0.133 e. The van der Waals surface area contributed by atoms with Crippen LogP contribution in [0.1, 0.15) is 19.3 Å². The van der Waals surface area contributed by atoms with Crippen molar-refractivity contribution in [3.05, 3.63) is 17.3 Å². The molecular weight excluding hydrogens is 226 g/mol. The maximum Gasteiger partial charge on any atom is 0.133 e. The van der Waals surface area contributed by atoms with Crippen molar-refractivity contribution in [1.29, 1.82) is 0 Å². The van der Waals surface area contributed by atoms with Crippen molar-refractivity contribution in [1.82, 2.24) is 4.98 Å². The second kappa shape index (κ2) is 4.89. The van der Waals surface area contributed by atoms with E-state index in [9.17, 15) is 0 Å². The number of hydrogen-bond acceptors (Lipinski definition) is 4. The van der Waals surface area contributed by atoms with Crippen LogP contribution in [-0.4, -0.2) is 29.3 Å². The third kappa shape index (κ3) is 2.39. The quantitative estimate of drug-likeness (QED) is 0.788. The predicted octanol–water partition coefficient (Wildman–Crippen LogP) is 1.67. The van der Waals surface area contributed by atoms with Gasteiger partial charge in [0.25, 0.3) is 0 Å². The number of aromatic nitrogens is 1. The van der Waals surface area contributed by atoms with Crippen LogP contribution in [0.15, 0.2) is 12.1 Å². The van der Waals surface area contributed by atoms with E-state index >= 15 is 0 Å². The molecule has 1 aromatic heterocycles. The molecule has 4 nitrogen and oxygen atoms in total. The molecule has 0 aromatic carbocycles. The first kappa shape index (κ1) is 11.5. The summed E-state index contributed by atoms with van der Waals surface area (Å²) in [6.07, 6.45) is 3.53. The van der Waals surface area contributed by atoms with Gasteiger partial charge in [-0.1, -0.05) is 11.6 Å². The Morgan fingerprint density at radius 1 is 1.50 bits per heavy atom. The van der Waals surface area contributed by atoms with Gasteiger partial charge in [-0.2, -0.15) is 0 Å². The molecule has 0 spiro atoms. The molecule has 0 aliphatic heterocycles. The Balaban J connectivity index is 2.22. The number of nitrogen functional groups attached to an aromatic ring is 1. The number of nitrogens with two attached hydrogens (primary N) is 1. The summed E-state index contributed by atoms with van der Waals surface area (Å²) < 4.78 is 0. The highest BCUT2D eigenvalue weighted by atomic mass is 35.5. The maximum atomic E-state index is 9.07. The fourth-order valence-corrected chi connectivity index (χ4v) is 2.15. The summed E-state index contributed by atoms with van der Waals surface area (Å²) in [4.78, 5) is 6.35. The van der Waals surface area contributed by atoms with Gasteiger partial charge in [0, 0.05) is 24.3 Å². The van der Waals surface area contributed by atoms with Gasteiger partial charge in [-0.25, -0.2) is 4.98 Å². The third-order valence-electron chi connectivity index (χ3n) is 2.95. The van der Waals surface area contributed by atoms with E-state index in [0.29, 0.717) is 23.4 Å². The van der Waals surface area contributed by atoms with Crippen molar-refractivity contribution in [3.63, 3.8) is 0 Å². The Kier molecular flexibility index (Phi) is 3.51. The molecular formula is C11H16ClN3O. The molecule has 2 rings (SSSR count). The second-order valence-electron chi connectivity index (χ2n) is 4.08. The monoisotopic (exact) mass is 241 g/mol. The van der Waals surface area contributed by atoms with Gasteiger partial charge < -0.3 is 15.7 Å². The predicted molar refractivity (Wildman–Crippen MR) is 65.7 cm³/mol. The highest BCUT2D eigenvalue weighted by Crippen LogP contribution is 2.29. The molecule has 88 valence electrons. The van der Waals surface area contributed by atoms with Crippen LogP contribution in [0.5, 0.6) is 0 Å². The summed E-state index contributed by atoms with van der Waals surface area (Å²) in [5, 5.41) is 9.47. The van der Waals surface area contributed by atoms with Gasteiger partial charge in [-0.05, 0) is 25.3 Å². The number of aliphatic hydroxyl groups excluding tert-OH is 1. The van der Waals surface area contributed by atoms with E-state index in [0.717, 1.165) is 18.7 Å². The molecule has 1 heterocycles. The SMILES string of the molecule is Nc1cc(Cl)nc(N(CCO)C2CCC2)c1. The lowest BCUT2D eigenvalue weighted by molar-refractivity contribution is 0.283. The van der Waals surface area contributed by atoms with E-state index in [1.807, 2.05) is 0 Å². The average Bonchev–Trinajstić information content (AvgIpc) is 2.12. The number of hydrogen-bond donors (Lipinski definition) is 2. The Bertz CT molecular complexity index is 348. The highest BCUT2D eigenvalue weighted by molar-refractivity contribution is 6.29. The molecule has 0 unspecified atom stereocenters. The minimum absolute atomic E-state index is 0.116. The summed E-state index contributed by atoms with van der Waals surface area (Å²) in [6.45, 7) is 0.696. The normalized spacial score (nSPS) is 15.9. The minimum Gasteiger partial charge on any atom is -0.399 e. The highest BCUT2D eigenvalue weighted by Gasteiger charge is 2.25. The van der Waals surface area contributed by atoms with Crippen LogP contribution in [0.25, 0.3) is 0 Å². The summed E-state index contributed by atoms with van der Waals surface area (Å²) >= 11 is 5.88. The number of rotatable bonds is 4. The summed E-state index contributed by atoms with van der Waals surface area (Å²) in [5.74, 6) is 0.767. The molecule has 0 bridgehead atoms. The molecule has 1 fully saturated rings. The first-order valence-corrected chi connectivity index (χ1v) is 5.89. The lowest BCUT2D eigenvalue weighted by Gasteiger charge is -2.38. The molecule has 1 saturated carbocycles. The average molecular weight is 242 g/mol. The van der Waals surface area contributed by atoms with Crippen LogP contribution in [0.4, 0.5) is 11.5 Å². The molecule has 16 heavy (non-hydrogen) atoms. The Morgan fingerprint density at radius 2 is 2.25 bits per heavy atom. The van der Waals surface area contributed by atoms with Crippen molar-refractivity contribution in [2.24, 2.45) is 0 Å². The molecule has 1 aliphatic rings. The van der Waals surface area contributed by atoms with Crippen molar-refractivity contribution in [2.75, 3.05) is 23.8 Å². The maximum absolute atomic E-state index is 9.07. The molecule has 1 aliphatic carbocycles. The van der Waals surface area contributed by atoms with Crippen LogP contribution in [0, 0.1) is 0 Å². The first-order chi connectivity index (χ1) is 7.70. The van der Waals surface area contributed by atoms with Crippen LogP contribution in [-0.2, 0) is 0 Å². The zero-order valence-electron chi connectivity index (χ0n) is 9.06. The van der Waals surface area contributed by atoms with Gasteiger partial charge in [0.2, 0.25) is 0 Å². The first-order valence-electron chi connectivity index (χ1n) is 5.51.